The van der Waals surface area contributed by atoms with E-state index in [2.05, 4.69) is 27.2 Å². The van der Waals surface area contributed by atoms with Crippen molar-refractivity contribution in [3.63, 3.8) is 0 Å². The topological polar surface area (TPSA) is 110 Å². The number of aromatic nitrogens is 4. The Kier molecular flexibility index (Phi) is 6.10. The summed E-state index contributed by atoms with van der Waals surface area (Å²) < 4.78 is 28.8. The fraction of sp³-hybridized carbons (Fsp3) is 0.333. The van der Waals surface area contributed by atoms with Crippen molar-refractivity contribution in [3.05, 3.63) is 66.6 Å². The average molecular weight is 441 g/mol. The van der Waals surface area contributed by atoms with E-state index in [1.165, 1.54) is 22.9 Å². The largest absolute Gasteiger partial charge is 0.345 e. The second kappa shape index (κ2) is 8.94. The van der Waals surface area contributed by atoms with Crippen LogP contribution < -0.4 is 5.32 Å². The molecule has 0 radical (unpaired) electrons. The number of hydrogen-bond donors (Lipinski definition) is 1. The van der Waals surface area contributed by atoms with Gasteiger partial charge in [0.2, 0.25) is 10.0 Å². The molecule has 3 aromatic rings. The number of piperidine rings is 1. The van der Waals surface area contributed by atoms with Crippen LogP contribution in [0.15, 0.2) is 60.1 Å². The molecule has 1 atom stereocenters. The fourth-order valence-electron chi connectivity index (χ4n) is 3.52. The number of rotatable bonds is 6. The molecule has 4 heterocycles. The first-order valence-electron chi connectivity index (χ1n) is 10.1. The number of carbonyl (C=O) groups excluding carboxylic acids is 1. The summed E-state index contributed by atoms with van der Waals surface area (Å²) in [6.07, 6.45) is 7.95. The SMILES string of the molecule is C[C@@H]1CCCN(S(=O)(=O)c2ccc(-n3cnc(C(=O)NCc4ccccn4)c3)nc2)C1. The van der Waals surface area contributed by atoms with Crippen LogP contribution in [0.1, 0.15) is 35.9 Å². The molecule has 0 saturated carbocycles. The zero-order valence-electron chi connectivity index (χ0n) is 17.2. The van der Waals surface area contributed by atoms with Gasteiger partial charge in [0.25, 0.3) is 5.91 Å². The van der Waals surface area contributed by atoms with Gasteiger partial charge in [-0.05, 0) is 43.0 Å². The maximum Gasteiger partial charge on any atom is 0.271 e. The average Bonchev–Trinajstić information content (AvgIpc) is 3.29. The van der Waals surface area contributed by atoms with Crippen LogP contribution in [0.25, 0.3) is 5.82 Å². The molecule has 1 aliphatic heterocycles. The van der Waals surface area contributed by atoms with Crippen LogP contribution in [0, 0.1) is 5.92 Å². The quantitative estimate of drug-likeness (QED) is 0.628. The predicted octanol–water partition coefficient (Wildman–Crippen LogP) is 2.01. The molecule has 4 rings (SSSR count). The van der Waals surface area contributed by atoms with Gasteiger partial charge in [-0.3, -0.25) is 14.3 Å². The van der Waals surface area contributed by atoms with Crippen molar-refractivity contribution in [2.75, 3.05) is 13.1 Å². The lowest BCUT2D eigenvalue weighted by atomic mass is 10.0. The monoisotopic (exact) mass is 440 g/mol. The molecule has 0 aliphatic carbocycles. The molecular formula is C21H24N6O3S. The van der Waals surface area contributed by atoms with Crippen LogP contribution in [-0.4, -0.2) is 51.2 Å². The predicted molar refractivity (Wildman–Crippen MR) is 114 cm³/mol. The van der Waals surface area contributed by atoms with E-state index in [-0.39, 0.29) is 16.5 Å². The molecular weight excluding hydrogens is 416 g/mol. The van der Waals surface area contributed by atoms with Gasteiger partial charge in [0.1, 0.15) is 22.7 Å². The Morgan fingerprint density at radius 3 is 2.77 bits per heavy atom. The molecule has 1 N–H and O–H groups in total. The highest BCUT2D eigenvalue weighted by atomic mass is 32.2. The van der Waals surface area contributed by atoms with Crippen molar-refractivity contribution < 1.29 is 13.2 Å². The Hall–Kier alpha value is -3.11. The van der Waals surface area contributed by atoms with Gasteiger partial charge in [0, 0.05) is 31.7 Å². The highest BCUT2D eigenvalue weighted by molar-refractivity contribution is 7.89. The summed E-state index contributed by atoms with van der Waals surface area (Å²) in [4.78, 5) is 25.0. The summed E-state index contributed by atoms with van der Waals surface area (Å²) in [7, 11) is -3.56. The molecule has 1 fully saturated rings. The summed E-state index contributed by atoms with van der Waals surface area (Å²) in [5.74, 6) is 0.494. The lowest BCUT2D eigenvalue weighted by molar-refractivity contribution is 0.0946. The standard InChI is InChI=1S/C21H24N6O3S/c1-16-5-4-10-27(13-16)31(29,30)18-7-8-20(23-12-18)26-14-19(25-15-26)21(28)24-11-17-6-2-3-9-22-17/h2-3,6-9,12,14-16H,4-5,10-11,13H2,1H3,(H,24,28)/t16-/m1/s1. The van der Waals surface area contributed by atoms with Crippen molar-refractivity contribution in [1.82, 2.24) is 29.1 Å². The van der Waals surface area contributed by atoms with Crippen LogP contribution in [0.3, 0.4) is 0 Å². The van der Waals surface area contributed by atoms with E-state index in [4.69, 9.17) is 0 Å². The molecule has 9 nitrogen and oxygen atoms in total. The zero-order chi connectivity index (χ0) is 21.8. The number of nitrogens with one attached hydrogen (secondary N) is 1. The summed E-state index contributed by atoms with van der Waals surface area (Å²) >= 11 is 0. The number of imidazole rings is 1. The third-order valence-corrected chi connectivity index (χ3v) is 7.06. The smallest absolute Gasteiger partial charge is 0.271 e. The normalized spacial score (nSPS) is 17.4. The van der Waals surface area contributed by atoms with E-state index < -0.39 is 10.0 Å². The molecule has 0 unspecified atom stereocenters. The first-order chi connectivity index (χ1) is 14.9. The molecule has 1 amide bonds. The van der Waals surface area contributed by atoms with Crippen molar-refractivity contribution in [1.29, 1.82) is 0 Å². The number of sulfonamides is 1. The first kappa shape index (κ1) is 21.1. The number of carbonyl (C=O) groups is 1. The molecule has 0 aromatic carbocycles. The molecule has 162 valence electrons. The first-order valence-corrected chi connectivity index (χ1v) is 11.6. The van der Waals surface area contributed by atoms with Crippen molar-refractivity contribution >= 4 is 15.9 Å². The maximum atomic E-state index is 12.9. The van der Waals surface area contributed by atoms with Gasteiger partial charge < -0.3 is 5.32 Å². The maximum absolute atomic E-state index is 12.9. The molecule has 10 heteroatoms. The number of amides is 1. The van der Waals surface area contributed by atoms with Crippen LogP contribution in [-0.2, 0) is 16.6 Å². The molecule has 0 bridgehead atoms. The Balaban J connectivity index is 1.44. The summed E-state index contributed by atoms with van der Waals surface area (Å²) in [5, 5.41) is 2.77. The van der Waals surface area contributed by atoms with Crippen molar-refractivity contribution in [2.45, 2.75) is 31.2 Å². The second-order valence-electron chi connectivity index (χ2n) is 7.63. The summed E-state index contributed by atoms with van der Waals surface area (Å²) in [6.45, 7) is 3.42. The van der Waals surface area contributed by atoms with Crippen molar-refractivity contribution in [2.24, 2.45) is 5.92 Å². The minimum Gasteiger partial charge on any atom is -0.345 e. The lowest BCUT2D eigenvalue weighted by Crippen LogP contribution is -2.39. The second-order valence-corrected chi connectivity index (χ2v) is 9.57. The van der Waals surface area contributed by atoms with Gasteiger partial charge in [0.05, 0.1) is 12.2 Å². The summed E-state index contributed by atoms with van der Waals surface area (Å²) in [6, 6.07) is 8.63. The molecule has 1 aliphatic rings. The minimum absolute atomic E-state index is 0.166. The highest BCUT2D eigenvalue weighted by Gasteiger charge is 2.28. The Bertz CT molecular complexity index is 1150. The number of nitrogens with zero attached hydrogens (tertiary/aromatic N) is 5. The van der Waals surface area contributed by atoms with Crippen molar-refractivity contribution in [3.8, 4) is 5.82 Å². The van der Waals surface area contributed by atoms with Crippen LogP contribution in [0.4, 0.5) is 0 Å². The lowest BCUT2D eigenvalue weighted by Gasteiger charge is -2.29. The van der Waals surface area contributed by atoms with E-state index in [1.807, 2.05) is 18.2 Å². The van der Waals surface area contributed by atoms with E-state index in [9.17, 15) is 13.2 Å². The Morgan fingerprint density at radius 2 is 2.06 bits per heavy atom. The van der Waals surface area contributed by atoms with Crippen LogP contribution in [0.2, 0.25) is 0 Å². The summed E-state index contributed by atoms with van der Waals surface area (Å²) in [5.41, 5.74) is 0.980. The fourth-order valence-corrected chi connectivity index (χ4v) is 5.07. The van der Waals surface area contributed by atoms with Gasteiger partial charge in [-0.2, -0.15) is 4.31 Å². The van der Waals surface area contributed by atoms with E-state index in [0.717, 1.165) is 18.5 Å². The highest BCUT2D eigenvalue weighted by Crippen LogP contribution is 2.23. The number of pyridine rings is 2. The van der Waals surface area contributed by atoms with Crippen LogP contribution in [0.5, 0.6) is 0 Å². The molecule has 3 aromatic heterocycles. The number of hydrogen-bond acceptors (Lipinski definition) is 6. The molecule has 1 saturated heterocycles. The zero-order valence-corrected chi connectivity index (χ0v) is 18.0. The van der Waals surface area contributed by atoms with Gasteiger partial charge in [0.15, 0.2) is 0 Å². The van der Waals surface area contributed by atoms with E-state index in [1.54, 1.807) is 23.0 Å². The third-order valence-electron chi connectivity index (χ3n) is 5.21. The molecule has 0 spiro atoms. The van der Waals surface area contributed by atoms with Gasteiger partial charge >= 0.3 is 0 Å². The minimum atomic E-state index is -3.56. The third kappa shape index (κ3) is 4.80. The van der Waals surface area contributed by atoms with Gasteiger partial charge in [-0.25, -0.2) is 18.4 Å². The van der Waals surface area contributed by atoms with E-state index >= 15 is 0 Å². The Morgan fingerprint density at radius 1 is 1.19 bits per heavy atom. The van der Waals surface area contributed by atoms with Gasteiger partial charge in [-0.1, -0.05) is 13.0 Å². The van der Waals surface area contributed by atoms with E-state index in [0.29, 0.717) is 31.4 Å². The van der Waals surface area contributed by atoms with Gasteiger partial charge in [-0.15, -0.1) is 0 Å². The molecule has 31 heavy (non-hydrogen) atoms. The Labute approximate surface area is 181 Å². The van der Waals surface area contributed by atoms with Crippen LogP contribution >= 0.6 is 0 Å².